The summed E-state index contributed by atoms with van der Waals surface area (Å²) in [6.07, 6.45) is 2.98. The average Bonchev–Trinajstić information content (AvgIpc) is 2.25. The van der Waals surface area contributed by atoms with Gasteiger partial charge < -0.3 is 0 Å². The smallest absolute Gasteiger partial charge is 0.159 e. The molecule has 0 N–H and O–H groups in total. The predicted octanol–water partition coefficient (Wildman–Crippen LogP) is 2.52. The minimum atomic E-state index is -0.766. The van der Waals surface area contributed by atoms with Crippen LogP contribution >= 0.6 is 0 Å². The van der Waals surface area contributed by atoms with Crippen molar-refractivity contribution in [1.82, 2.24) is 5.32 Å². The number of rotatable bonds is 2. The second-order valence-corrected chi connectivity index (χ2v) is 4.07. The van der Waals surface area contributed by atoms with Crippen LogP contribution in [0.3, 0.4) is 0 Å². The highest BCUT2D eigenvalue weighted by Gasteiger charge is 2.14. The van der Waals surface area contributed by atoms with Crippen LogP contribution in [0.4, 0.5) is 8.78 Å². The fraction of sp³-hybridized carbons (Fsp3) is 0.500. The maximum atomic E-state index is 12.9. The van der Waals surface area contributed by atoms with Gasteiger partial charge in [-0.25, -0.2) is 14.1 Å². The largest absolute Gasteiger partial charge is 0.242 e. The molecule has 1 aromatic carbocycles. The van der Waals surface area contributed by atoms with Crippen molar-refractivity contribution in [3.8, 4) is 0 Å². The van der Waals surface area contributed by atoms with E-state index in [2.05, 4.69) is 5.32 Å². The molecule has 3 heteroatoms. The molecule has 1 saturated heterocycles. The Kier molecular flexibility index (Phi) is 3.31. The predicted molar refractivity (Wildman–Crippen MR) is 54.7 cm³/mol. The molecule has 2 rings (SSSR count). The summed E-state index contributed by atoms with van der Waals surface area (Å²) >= 11 is 0. The molecular formula is C12H14F2N. The molecule has 1 aliphatic heterocycles. The van der Waals surface area contributed by atoms with Crippen molar-refractivity contribution in [3.05, 3.63) is 35.4 Å². The van der Waals surface area contributed by atoms with Crippen molar-refractivity contribution in [2.45, 2.75) is 19.3 Å². The Morgan fingerprint density at radius 1 is 1.13 bits per heavy atom. The van der Waals surface area contributed by atoms with Crippen LogP contribution < -0.4 is 5.32 Å². The molecule has 1 fully saturated rings. The minimum Gasteiger partial charge on any atom is -0.242 e. The first-order chi connectivity index (χ1) is 7.25. The first-order valence-corrected chi connectivity index (χ1v) is 5.33. The molecule has 1 aliphatic rings. The van der Waals surface area contributed by atoms with E-state index in [-0.39, 0.29) is 0 Å². The van der Waals surface area contributed by atoms with Gasteiger partial charge >= 0.3 is 0 Å². The van der Waals surface area contributed by atoms with Gasteiger partial charge in [0.25, 0.3) is 0 Å². The van der Waals surface area contributed by atoms with Crippen molar-refractivity contribution >= 4 is 0 Å². The second-order valence-electron chi connectivity index (χ2n) is 4.07. The fourth-order valence-electron chi connectivity index (χ4n) is 2.01. The molecule has 0 spiro atoms. The molecule has 0 unspecified atom stereocenters. The summed E-state index contributed by atoms with van der Waals surface area (Å²) in [7, 11) is 0. The summed E-state index contributed by atoms with van der Waals surface area (Å²) < 4.78 is 25.6. The average molecular weight is 210 g/mol. The molecule has 0 aromatic heterocycles. The third kappa shape index (κ3) is 2.75. The zero-order valence-corrected chi connectivity index (χ0v) is 8.55. The van der Waals surface area contributed by atoms with Crippen LogP contribution in [-0.2, 0) is 6.42 Å². The Hall–Kier alpha value is -0.960. The molecule has 0 amide bonds. The Labute approximate surface area is 88.5 Å². The normalized spacial score (nSPS) is 18.0. The summed E-state index contributed by atoms with van der Waals surface area (Å²) in [5.74, 6) is -0.933. The van der Waals surface area contributed by atoms with E-state index in [4.69, 9.17) is 0 Å². The van der Waals surface area contributed by atoms with Gasteiger partial charge in [0.1, 0.15) is 0 Å². The topological polar surface area (TPSA) is 14.1 Å². The number of nitrogens with zero attached hydrogens (tertiary/aromatic N) is 1. The highest BCUT2D eigenvalue weighted by molar-refractivity contribution is 5.18. The Morgan fingerprint density at radius 2 is 1.87 bits per heavy atom. The zero-order valence-electron chi connectivity index (χ0n) is 8.55. The van der Waals surface area contributed by atoms with Crippen molar-refractivity contribution in [3.63, 3.8) is 0 Å². The van der Waals surface area contributed by atoms with E-state index in [0.717, 1.165) is 37.9 Å². The van der Waals surface area contributed by atoms with Crippen LogP contribution in [0.5, 0.6) is 0 Å². The van der Waals surface area contributed by atoms with Gasteiger partial charge in [-0.3, -0.25) is 0 Å². The van der Waals surface area contributed by atoms with Gasteiger partial charge in [0.05, 0.1) is 0 Å². The minimum absolute atomic E-state index is 0.576. The second kappa shape index (κ2) is 4.71. The summed E-state index contributed by atoms with van der Waals surface area (Å²) in [5, 5.41) is 4.27. The van der Waals surface area contributed by atoms with Gasteiger partial charge in [-0.1, -0.05) is 6.07 Å². The molecule has 1 nitrogen and oxygen atoms in total. The molecule has 0 atom stereocenters. The van der Waals surface area contributed by atoms with Gasteiger partial charge in [-0.2, -0.15) is 0 Å². The molecule has 0 aliphatic carbocycles. The number of hydrogen-bond acceptors (Lipinski definition) is 0. The fourth-order valence-corrected chi connectivity index (χ4v) is 2.01. The van der Waals surface area contributed by atoms with Gasteiger partial charge in [0, 0.05) is 13.1 Å². The number of halogens is 2. The third-order valence-electron chi connectivity index (χ3n) is 2.90. The quantitative estimate of drug-likeness (QED) is 0.712. The van der Waals surface area contributed by atoms with Gasteiger partial charge in [-0.05, 0) is 42.9 Å². The Balaban J connectivity index is 2.00. The summed E-state index contributed by atoms with van der Waals surface area (Å²) in [6, 6.07) is 4.18. The van der Waals surface area contributed by atoms with Crippen LogP contribution in [0.2, 0.25) is 0 Å². The first-order valence-electron chi connectivity index (χ1n) is 5.33. The van der Waals surface area contributed by atoms with Crippen molar-refractivity contribution in [2.75, 3.05) is 13.1 Å². The Bertz CT molecular complexity index is 332. The van der Waals surface area contributed by atoms with Crippen LogP contribution in [0, 0.1) is 17.6 Å². The molecule has 1 aromatic rings. The van der Waals surface area contributed by atoms with E-state index in [1.54, 1.807) is 6.07 Å². The van der Waals surface area contributed by atoms with Crippen molar-refractivity contribution in [1.29, 1.82) is 0 Å². The van der Waals surface area contributed by atoms with Gasteiger partial charge in [0.2, 0.25) is 0 Å². The molecule has 0 saturated carbocycles. The Morgan fingerprint density at radius 3 is 2.53 bits per heavy atom. The standard InChI is InChI=1S/C12H14F2N/c13-11-2-1-10(8-12(11)14)7-9-3-5-15-6-4-9/h1-2,8-9H,3-7H2. The summed E-state index contributed by atoms with van der Waals surface area (Å²) in [5.41, 5.74) is 0.890. The van der Waals surface area contributed by atoms with Gasteiger partial charge in [-0.15, -0.1) is 0 Å². The monoisotopic (exact) mass is 210 g/mol. The lowest BCUT2D eigenvalue weighted by Crippen LogP contribution is -2.23. The summed E-state index contributed by atoms with van der Waals surface area (Å²) in [4.78, 5) is 0. The molecule has 1 heterocycles. The van der Waals surface area contributed by atoms with Crippen LogP contribution in [-0.4, -0.2) is 13.1 Å². The first kappa shape index (κ1) is 10.6. The SMILES string of the molecule is Fc1ccc(CC2CC[N]CC2)cc1F. The number of piperidine rings is 1. The van der Waals surface area contributed by atoms with Crippen LogP contribution in [0.1, 0.15) is 18.4 Å². The molecule has 15 heavy (non-hydrogen) atoms. The maximum Gasteiger partial charge on any atom is 0.159 e. The molecule has 1 radical (unpaired) electrons. The zero-order chi connectivity index (χ0) is 10.7. The van der Waals surface area contributed by atoms with Crippen LogP contribution in [0.15, 0.2) is 18.2 Å². The van der Waals surface area contributed by atoms with E-state index in [1.807, 2.05) is 0 Å². The van der Waals surface area contributed by atoms with Crippen molar-refractivity contribution in [2.24, 2.45) is 5.92 Å². The third-order valence-corrected chi connectivity index (χ3v) is 2.90. The van der Waals surface area contributed by atoms with Crippen LogP contribution in [0.25, 0.3) is 0 Å². The lowest BCUT2D eigenvalue weighted by molar-refractivity contribution is 0.367. The highest BCUT2D eigenvalue weighted by Crippen LogP contribution is 2.19. The van der Waals surface area contributed by atoms with E-state index in [1.165, 1.54) is 12.1 Å². The van der Waals surface area contributed by atoms with Gasteiger partial charge in [0.15, 0.2) is 11.6 Å². The summed E-state index contributed by atoms with van der Waals surface area (Å²) in [6.45, 7) is 1.82. The van der Waals surface area contributed by atoms with E-state index in [0.29, 0.717) is 5.92 Å². The lowest BCUT2D eigenvalue weighted by Gasteiger charge is -2.21. The number of benzene rings is 1. The van der Waals surface area contributed by atoms with Crippen molar-refractivity contribution < 1.29 is 8.78 Å². The van der Waals surface area contributed by atoms with E-state index in [9.17, 15) is 8.78 Å². The highest BCUT2D eigenvalue weighted by atomic mass is 19.2. The van der Waals surface area contributed by atoms with E-state index < -0.39 is 11.6 Å². The number of hydrogen-bond donors (Lipinski definition) is 0. The maximum absolute atomic E-state index is 12.9. The lowest BCUT2D eigenvalue weighted by atomic mass is 9.91. The van der Waals surface area contributed by atoms with E-state index >= 15 is 0 Å². The molecule has 81 valence electrons. The molecular weight excluding hydrogens is 196 g/mol. The molecule has 0 bridgehead atoms.